The molecule has 1 aromatic heterocycles. The second-order valence-corrected chi connectivity index (χ2v) is 4.16. The summed E-state index contributed by atoms with van der Waals surface area (Å²) in [6.45, 7) is 1.42. The first-order valence-corrected chi connectivity index (χ1v) is 5.10. The molecule has 1 heterocycles. The summed E-state index contributed by atoms with van der Waals surface area (Å²) < 4.78 is 1.79. The fourth-order valence-corrected chi connectivity index (χ4v) is 1.74. The van der Waals surface area contributed by atoms with E-state index in [1.807, 2.05) is 19.3 Å². The second-order valence-electron chi connectivity index (χ2n) is 4.16. The molecule has 2 N–H and O–H groups in total. The standard InChI is InChI=1S/C10H17N3O/c1-13-6-3-9(12-13)7-11-8-10(14)4-2-5-10/h3,6,11,14H,2,4-5,7-8H2,1H3. The maximum atomic E-state index is 9.81. The Kier molecular flexibility index (Phi) is 2.56. The molecule has 1 fully saturated rings. The minimum Gasteiger partial charge on any atom is -0.389 e. The largest absolute Gasteiger partial charge is 0.389 e. The smallest absolute Gasteiger partial charge is 0.0771 e. The van der Waals surface area contributed by atoms with Crippen molar-refractivity contribution in [3.63, 3.8) is 0 Å². The van der Waals surface area contributed by atoms with Crippen LogP contribution in [0.15, 0.2) is 12.3 Å². The van der Waals surface area contributed by atoms with Gasteiger partial charge in [-0.2, -0.15) is 5.10 Å². The molecule has 0 bridgehead atoms. The fourth-order valence-electron chi connectivity index (χ4n) is 1.74. The van der Waals surface area contributed by atoms with Crippen molar-refractivity contribution in [3.05, 3.63) is 18.0 Å². The molecule has 2 rings (SSSR count). The Bertz CT molecular complexity index is 304. The van der Waals surface area contributed by atoms with Gasteiger partial charge in [0.05, 0.1) is 11.3 Å². The lowest BCUT2D eigenvalue weighted by atomic mass is 9.80. The Balaban J connectivity index is 1.72. The normalized spacial score (nSPS) is 19.3. The van der Waals surface area contributed by atoms with Crippen molar-refractivity contribution in [2.45, 2.75) is 31.4 Å². The fraction of sp³-hybridized carbons (Fsp3) is 0.700. The Hall–Kier alpha value is -0.870. The molecule has 0 spiro atoms. The van der Waals surface area contributed by atoms with Crippen LogP contribution >= 0.6 is 0 Å². The van der Waals surface area contributed by atoms with Crippen molar-refractivity contribution in [3.8, 4) is 0 Å². The van der Waals surface area contributed by atoms with Crippen LogP contribution in [0.4, 0.5) is 0 Å². The SMILES string of the molecule is Cn1ccc(CNCC2(O)CCC2)n1. The van der Waals surface area contributed by atoms with Gasteiger partial charge in [0.2, 0.25) is 0 Å². The van der Waals surface area contributed by atoms with Crippen molar-refractivity contribution >= 4 is 0 Å². The summed E-state index contributed by atoms with van der Waals surface area (Å²) >= 11 is 0. The summed E-state index contributed by atoms with van der Waals surface area (Å²) in [5.74, 6) is 0. The molecule has 0 radical (unpaired) electrons. The lowest BCUT2D eigenvalue weighted by Crippen LogP contribution is -2.46. The van der Waals surface area contributed by atoms with E-state index in [4.69, 9.17) is 0 Å². The number of aromatic nitrogens is 2. The third kappa shape index (κ3) is 2.13. The van der Waals surface area contributed by atoms with E-state index in [9.17, 15) is 5.11 Å². The van der Waals surface area contributed by atoms with Gasteiger partial charge in [-0.1, -0.05) is 0 Å². The highest BCUT2D eigenvalue weighted by Crippen LogP contribution is 2.30. The number of nitrogens with one attached hydrogen (secondary N) is 1. The van der Waals surface area contributed by atoms with Gasteiger partial charge in [-0.05, 0) is 25.3 Å². The molecule has 0 saturated heterocycles. The average Bonchev–Trinajstić information content (AvgIpc) is 2.49. The number of hydrogen-bond acceptors (Lipinski definition) is 3. The monoisotopic (exact) mass is 195 g/mol. The van der Waals surface area contributed by atoms with Crippen LogP contribution in [0.3, 0.4) is 0 Å². The van der Waals surface area contributed by atoms with Crippen LogP contribution in [0.1, 0.15) is 25.0 Å². The molecule has 4 nitrogen and oxygen atoms in total. The topological polar surface area (TPSA) is 50.1 Å². The lowest BCUT2D eigenvalue weighted by Gasteiger charge is -2.36. The van der Waals surface area contributed by atoms with Crippen LogP contribution in [0.25, 0.3) is 0 Å². The highest BCUT2D eigenvalue weighted by Gasteiger charge is 2.33. The Labute approximate surface area is 83.9 Å². The van der Waals surface area contributed by atoms with Gasteiger partial charge in [0.1, 0.15) is 0 Å². The Morgan fingerprint density at radius 3 is 2.93 bits per heavy atom. The van der Waals surface area contributed by atoms with Crippen LogP contribution in [0.2, 0.25) is 0 Å². The van der Waals surface area contributed by atoms with Crippen LogP contribution < -0.4 is 5.32 Å². The maximum Gasteiger partial charge on any atom is 0.0771 e. The van der Waals surface area contributed by atoms with E-state index >= 15 is 0 Å². The zero-order valence-corrected chi connectivity index (χ0v) is 8.53. The predicted octanol–water partition coefficient (Wildman–Crippen LogP) is 0.425. The van der Waals surface area contributed by atoms with Crippen molar-refractivity contribution in [1.82, 2.24) is 15.1 Å². The zero-order chi connectivity index (χ0) is 10.0. The summed E-state index contributed by atoms with van der Waals surface area (Å²) in [6, 6.07) is 1.98. The Morgan fingerprint density at radius 2 is 2.43 bits per heavy atom. The van der Waals surface area contributed by atoms with Crippen LogP contribution in [-0.2, 0) is 13.6 Å². The number of aliphatic hydroxyl groups is 1. The van der Waals surface area contributed by atoms with Gasteiger partial charge in [-0.15, -0.1) is 0 Å². The van der Waals surface area contributed by atoms with Crippen molar-refractivity contribution in [1.29, 1.82) is 0 Å². The second kappa shape index (κ2) is 3.71. The molecule has 0 atom stereocenters. The van der Waals surface area contributed by atoms with E-state index in [1.165, 1.54) is 0 Å². The lowest BCUT2D eigenvalue weighted by molar-refractivity contribution is -0.0315. The van der Waals surface area contributed by atoms with Gasteiger partial charge in [-0.25, -0.2) is 0 Å². The van der Waals surface area contributed by atoms with Crippen molar-refractivity contribution in [2.75, 3.05) is 6.54 Å². The molecular weight excluding hydrogens is 178 g/mol. The molecule has 4 heteroatoms. The quantitative estimate of drug-likeness (QED) is 0.732. The highest BCUT2D eigenvalue weighted by molar-refractivity contribution is 4.99. The summed E-state index contributed by atoms with van der Waals surface area (Å²) in [5.41, 5.74) is 0.588. The molecule has 0 unspecified atom stereocenters. The van der Waals surface area contributed by atoms with E-state index in [1.54, 1.807) is 4.68 Å². The molecular formula is C10H17N3O. The van der Waals surface area contributed by atoms with E-state index in [2.05, 4.69) is 10.4 Å². The maximum absolute atomic E-state index is 9.81. The first-order valence-electron chi connectivity index (χ1n) is 5.10. The average molecular weight is 195 g/mol. The molecule has 78 valence electrons. The van der Waals surface area contributed by atoms with Crippen LogP contribution in [0, 0.1) is 0 Å². The molecule has 1 aromatic rings. The summed E-state index contributed by atoms with van der Waals surface area (Å²) in [6.07, 6.45) is 4.95. The van der Waals surface area contributed by atoms with Crippen molar-refractivity contribution < 1.29 is 5.11 Å². The van der Waals surface area contributed by atoms with Gasteiger partial charge >= 0.3 is 0 Å². The van der Waals surface area contributed by atoms with E-state index in [0.717, 1.165) is 31.5 Å². The predicted molar refractivity (Wildman–Crippen MR) is 53.7 cm³/mol. The van der Waals surface area contributed by atoms with E-state index < -0.39 is 5.60 Å². The van der Waals surface area contributed by atoms with E-state index in [0.29, 0.717) is 6.54 Å². The van der Waals surface area contributed by atoms with Gasteiger partial charge in [-0.3, -0.25) is 4.68 Å². The zero-order valence-electron chi connectivity index (χ0n) is 8.53. The van der Waals surface area contributed by atoms with Gasteiger partial charge in [0, 0.05) is 26.3 Å². The third-order valence-corrected chi connectivity index (χ3v) is 2.81. The van der Waals surface area contributed by atoms with Gasteiger partial charge < -0.3 is 10.4 Å². The summed E-state index contributed by atoms with van der Waals surface area (Å²) in [5, 5.41) is 17.3. The number of hydrogen-bond donors (Lipinski definition) is 2. The molecule has 1 aliphatic carbocycles. The van der Waals surface area contributed by atoms with E-state index in [-0.39, 0.29) is 0 Å². The first kappa shape index (κ1) is 9.68. The van der Waals surface area contributed by atoms with Gasteiger partial charge in [0.25, 0.3) is 0 Å². The Morgan fingerprint density at radius 1 is 1.64 bits per heavy atom. The van der Waals surface area contributed by atoms with Gasteiger partial charge in [0.15, 0.2) is 0 Å². The van der Waals surface area contributed by atoms with Crippen molar-refractivity contribution in [2.24, 2.45) is 7.05 Å². The minimum absolute atomic E-state index is 0.436. The van der Waals surface area contributed by atoms with Crippen LogP contribution in [-0.4, -0.2) is 27.0 Å². The summed E-state index contributed by atoms with van der Waals surface area (Å²) in [7, 11) is 1.91. The molecule has 1 aliphatic rings. The number of rotatable bonds is 4. The molecule has 0 aromatic carbocycles. The first-order chi connectivity index (χ1) is 6.68. The molecule has 14 heavy (non-hydrogen) atoms. The molecule has 0 aliphatic heterocycles. The third-order valence-electron chi connectivity index (χ3n) is 2.81. The molecule has 0 amide bonds. The molecule has 1 saturated carbocycles. The highest BCUT2D eigenvalue weighted by atomic mass is 16.3. The van der Waals surface area contributed by atoms with Crippen LogP contribution in [0.5, 0.6) is 0 Å². The number of aryl methyl sites for hydroxylation is 1. The number of nitrogens with zero attached hydrogens (tertiary/aromatic N) is 2. The minimum atomic E-state index is -0.436. The summed E-state index contributed by atoms with van der Waals surface area (Å²) in [4.78, 5) is 0.